The Labute approximate surface area is 256 Å². The van der Waals surface area contributed by atoms with Crippen LogP contribution in [0.25, 0.3) is 0 Å². The lowest BCUT2D eigenvalue weighted by Gasteiger charge is -2.38. The van der Waals surface area contributed by atoms with Gasteiger partial charge in [0.1, 0.15) is 12.6 Å². The molecule has 14 heteroatoms. The first kappa shape index (κ1) is 33.4. The van der Waals surface area contributed by atoms with Crippen molar-refractivity contribution in [2.24, 2.45) is 5.92 Å². The molecule has 4 rings (SSSR count). The van der Waals surface area contributed by atoms with Crippen molar-refractivity contribution in [2.45, 2.75) is 76.4 Å². The molecule has 1 unspecified atom stereocenters. The Morgan fingerprint density at radius 2 is 1.56 bits per heavy atom. The van der Waals surface area contributed by atoms with Gasteiger partial charge in [0, 0.05) is 29.8 Å². The highest BCUT2D eigenvalue weighted by atomic mass is 19.2. The Kier molecular flexibility index (Phi) is 9.83. The third-order valence-electron chi connectivity index (χ3n) is 8.03. The summed E-state index contributed by atoms with van der Waals surface area (Å²) in [6.45, 7) is 4.73. The van der Waals surface area contributed by atoms with Crippen molar-refractivity contribution in [3.63, 3.8) is 0 Å². The molecular formula is C31H33F4N3O7. The van der Waals surface area contributed by atoms with Crippen LogP contribution in [0.1, 0.15) is 58.4 Å². The van der Waals surface area contributed by atoms with Crippen molar-refractivity contribution in [3.05, 3.63) is 59.2 Å². The van der Waals surface area contributed by atoms with E-state index in [1.165, 1.54) is 4.90 Å². The molecule has 0 aromatic heterocycles. The minimum atomic E-state index is -1.88. The van der Waals surface area contributed by atoms with Crippen LogP contribution in [0, 0.1) is 29.2 Å². The molecule has 2 aromatic carbocycles. The second kappa shape index (κ2) is 13.2. The molecule has 10 nitrogen and oxygen atoms in total. The SMILES string of the molecule is CC(C)(C)c1ccccc1NC(=O)C(=O)N1[C@@H]2CC[C@H]1CC(C(=O)N[C@@H](CC(=O)O)C(=O)COc1c(F)c(F)cc(F)c1F)C2. The fourth-order valence-corrected chi connectivity index (χ4v) is 5.89. The van der Waals surface area contributed by atoms with Crippen LogP contribution in [-0.4, -0.2) is 64.2 Å². The topological polar surface area (TPSA) is 142 Å². The number of para-hydroxylation sites is 1. The van der Waals surface area contributed by atoms with Gasteiger partial charge in [0.05, 0.1) is 6.42 Å². The van der Waals surface area contributed by atoms with E-state index in [4.69, 9.17) is 0 Å². The number of fused-ring (bicyclic) bond motifs is 2. The Bertz CT molecular complexity index is 1490. The fraction of sp³-hybridized carbons (Fsp3) is 0.452. The smallest absolute Gasteiger partial charge is 0.313 e. The van der Waals surface area contributed by atoms with Crippen LogP contribution in [-0.2, 0) is 29.4 Å². The lowest BCUT2D eigenvalue weighted by molar-refractivity contribution is -0.148. The number of rotatable bonds is 9. The highest BCUT2D eigenvalue weighted by Crippen LogP contribution is 2.39. The number of carbonyl (C=O) groups is 5. The molecule has 2 saturated heterocycles. The summed E-state index contributed by atoms with van der Waals surface area (Å²) in [5, 5.41) is 14.3. The molecule has 2 bridgehead atoms. The molecule has 2 aromatic rings. The van der Waals surface area contributed by atoms with Gasteiger partial charge in [-0.1, -0.05) is 39.0 Å². The lowest BCUT2D eigenvalue weighted by atomic mass is 9.86. The Morgan fingerprint density at radius 1 is 0.978 bits per heavy atom. The van der Waals surface area contributed by atoms with Crippen LogP contribution in [0.15, 0.2) is 30.3 Å². The summed E-state index contributed by atoms with van der Waals surface area (Å²) in [5.74, 6) is -14.4. The van der Waals surface area contributed by atoms with Gasteiger partial charge in [-0.3, -0.25) is 24.0 Å². The molecule has 2 aliphatic rings. The number of aliphatic carboxylic acids is 1. The van der Waals surface area contributed by atoms with Gasteiger partial charge in [0.25, 0.3) is 0 Å². The highest BCUT2D eigenvalue weighted by Gasteiger charge is 2.47. The van der Waals surface area contributed by atoms with Gasteiger partial charge in [0.15, 0.2) is 23.2 Å². The number of carboxylic acids is 1. The number of amides is 3. The number of carboxylic acid groups (broad SMARTS) is 1. The van der Waals surface area contributed by atoms with Gasteiger partial charge in [0.2, 0.25) is 17.5 Å². The molecule has 2 aliphatic heterocycles. The quantitative estimate of drug-likeness (QED) is 0.216. The van der Waals surface area contributed by atoms with Crippen LogP contribution in [0.4, 0.5) is 23.2 Å². The second-order valence-electron chi connectivity index (χ2n) is 12.2. The van der Waals surface area contributed by atoms with Crippen molar-refractivity contribution in [1.29, 1.82) is 0 Å². The molecule has 0 radical (unpaired) electrons. The molecule has 0 saturated carbocycles. The normalized spacial score (nSPS) is 19.9. The van der Waals surface area contributed by atoms with Crippen molar-refractivity contribution in [3.8, 4) is 5.75 Å². The second-order valence-corrected chi connectivity index (χ2v) is 12.2. The lowest BCUT2D eigenvalue weighted by Crippen LogP contribution is -2.54. The van der Waals surface area contributed by atoms with E-state index in [9.17, 15) is 46.6 Å². The van der Waals surface area contributed by atoms with E-state index in [0.29, 0.717) is 18.5 Å². The summed E-state index contributed by atoms with van der Waals surface area (Å²) < 4.78 is 59.4. The number of ketones is 1. The van der Waals surface area contributed by atoms with Crippen LogP contribution < -0.4 is 15.4 Å². The maximum absolute atomic E-state index is 13.9. The first-order chi connectivity index (χ1) is 21.1. The number of halogens is 4. The molecule has 4 atom stereocenters. The molecule has 45 heavy (non-hydrogen) atoms. The summed E-state index contributed by atoms with van der Waals surface area (Å²) in [7, 11) is 0. The average Bonchev–Trinajstić information content (AvgIpc) is 3.22. The maximum Gasteiger partial charge on any atom is 0.313 e. The predicted molar refractivity (Wildman–Crippen MR) is 151 cm³/mol. The van der Waals surface area contributed by atoms with E-state index in [1.54, 1.807) is 12.1 Å². The zero-order valence-corrected chi connectivity index (χ0v) is 24.8. The largest absolute Gasteiger partial charge is 0.481 e. The van der Waals surface area contributed by atoms with Gasteiger partial charge in [-0.2, -0.15) is 8.78 Å². The molecular weight excluding hydrogens is 602 g/mol. The third-order valence-corrected chi connectivity index (χ3v) is 8.03. The number of nitrogens with zero attached hydrogens (tertiary/aromatic N) is 1. The van der Waals surface area contributed by atoms with E-state index in [-0.39, 0.29) is 24.3 Å². The zero-order valence-electron chi connectivity index (χ0n) is 24.8. The number of hydrogen-bond acceptors (Lipinski definition) is 6. The van der Waals surface area contributed by atoms with Crippen molar-refractivity contribution in [2.75, 3.05) is 11.9 Å². The van der Waals surface area contributed by atoms with E-state index < -0.39 is 95.6 Å². The highest BCUT2D eigenvalue weighted by molar-refractivity contribution is 6.39. The first-order valence-electron chi connectivity index (χ1n) is 14.3. The monoisotopic (exact) mass is 635 g/mol. The van der Waals surface area contributed by atoms with Crippen LogP contribution in [0.5, 0.6) is 5.75 Å². The zero-order chi connectivity index (χ0) is 33.2. The minimum Gasteiger partial charge on any atom is -0.481 e. The summed E-state index contributed by atoms with van der Waals surface area (Å²) in [6.07, 6.45) is 0.432. The van der Waals surface area contributed by atoms with Gasteiger partial charge < -0.3 is 25.4 Å². The Balaban J connectivity index is 1.40. The number of hydrogen-bond donors (Lipinski definition) is 3. The molecule has 0 spiro atoms. The van der Waals surface area contributed by atoms with Crippen LogP contribution in [0.3, 0.4) is 0 Å². The number of nitrogens with one attached hydrogen (secondary N) is 2. The summed E-state index contributed by atoms with van der Waals surface area (Å²) in [5.41, 5.74) is 1.06. The van der Waals surface area contributed by atoms with E-state index >= 15 is 0 Å². The Morgan fingerprint density at radius 3 is 2.11 bits per heavy atom. The number of carbonyl (C=O) groups excluding carboxylic acids is 4. The molecule has 0 aliphatic carbocycles. The number of anilines is 1. The first-order valence-corrected chi connectivity index (χ1v) is 14.3. The fourth-order valence-electron chi connectivity index (χ4n) is 5.89. The molecule has 3 N–H and O–H groups in total. The van der Waals surface area contributed by atoms with Gasteiger partial charge in [-0.05, 0) is 42.7 Å². The number of ether oxygens (including phenoxy) is 1. The standard InChI is InChI=1S/C31H33F4N3O7/c1-31(2,3)18-6-4-5-7-21(18)36-29(43)30(44)38-16-8-9-17(38)11-15(10-16)28(42)37-22(13-24(40)41)23(39)14-45-27-25(34)19(32)12-20(33)26(27)35/h4-7,12,15-17,22H,8-11,13-14H2,1-3H3,(H,36,43)(H,37,42)(H,40,41)/t15?,16-,17+,22-/m0/s1. The van der Waals surface area contributed by atoms with Crippen molar-refractivity contribution >= 4 is 35.2 Å². The molecule has 242 valence electrons. The Hall–Kier alpha value is -4.49. The summed E-state index contributed by atoms with van der Waals surface area (Å²) in [6, 6.07) is 4.50. The minimum absolute atomic E-state index is 0.0443. The number of benzene rings is 2. The van der Waals surface area contributed by atoms with Crippen LogP contribution >= 0.6 is 0 Å². The maximum atomic E-state index is 13.9. The third kappa shape index (κ3) is 7.43. The van der Waals surface area contributed by atoms with Crippen LogP contribution in [0.2, 0.25) is 0 Å². The van der Waals surface area contributed by atoms with Crippen molar-refractivity contribution in [1.82, 2.24) is 10.2 Å². The summed E-state index contributed by atoms with van der Waals surface area (Å²) >= 11 is 0. The predicted octanol–water partition coefficient (Wildman–Crippen LogP) is 3.86. The van der Waals surface area contributed by atoms with Gasteiger partial charge in [-0.15, -0.1) is 0 Å². The number of piperidine rings is 1. The van der Waals surface area contributed by atoms with Crippen molar-refractivity contribution < 1.29 is 51.4 Å². The van der Waals surface area contributed by atoms with E-state index in [0.717, 1.165) is 5.56 Å². The van der Waals surface area contributed by atoms with Gasteiger partial charge >= 0.3 is 17.8 Å². The number of Topliss-reactive ketones (excluding diaryl/α,β-unsaturated/α-hetero) is 1. The molecule has 3 amide bonds. The molecule has 2 fully saturated rings. The average molecular weight is 636 g/mol. The molecule has 2 heterocycles. The van der Waals surface area contributed by atoms with Gasteiger partial charge in [-0.25, -0.2) is 8.78 Å². The van der Waals surface area contributed by atoms with E-state index in [2.05, 4.69) is 15.4 Å². The summed E-state index contributed by atoms with van der Waals surface area (Å²) in [4.78, 5) is 65.0. The van der Waals surface area contributed by atoms with E-state index in [1.807, 2.05) is 32.9 Å².